The molecule has 0 aliphatic heterocycles. The summed E-state index contributed by atoms with van der Waals surface area (Å²) < 4.78 is 34.8. The maximum Gasteiger partial charge on any atom is 0.263 e. The molecule has 8 heteroatoms. The molecule has 0 aliphatic carbocycles. The van der Waals surface area contributed by atoms with E-state index in [9.17, 15) is 8.42 Å². The Morgan fingerprint density at radius 2 is 1.74 bits per heavy atom. The molecule has 5 nitrogen and oxygen atoms in total. The fourth-order valence-electron chi connectivity index (χ4n) is 3.47. The van der Waals surface area contributed by atoms with Gasteiger partial charge in [-0.05, 0) is 64.1 Å². The van der Waals surface area contributed by atoms with E-state index in [0.29, 0.717) is 16.4 Å². The third kappa shape index (κ3) is 4.44. The maximum atomic E-state index is 13.0. The number of hydrogen-bond acceptors (Lipinski definition) is 5. The van der Waals surface area contributed by atoms with Crippen LogP contribution >= 0.6 is 22.9 Å². The highest BCUT2D eigenvalue weighted by molar-refractivity contribution is 7.93. The van der Waals surface area contributed by atoms with E-state index in [1.165, 1.54) is 11.3 Å². The Morgan fingerprint density at radius 1 is 1.00 bits per heavy atom. The van der Waals surface area contributed by atoms with E-state index in [0.717, 1.165) is 26.5 Å². The highest BCUT2D eigenvalue weighted by atomic mass is 35.5. The molecule has 2 N–H and O–H groups in total. The topological polar surface area (TPSA) is 71.3 Å². The number of benzene rings is 2. The van der Waals surface area contributed by atoms with Gasteiger partial charge in [-0.25, -0.2) is 8.42 Å². The number of nitrogens with one attached hydrogen (secondary N) is 2. The van der Waals surface area contributed by atoms with Gasteiger partial charge in [0.2, 0.25) is 0 Å². The molecule has 0 fully saturated rings. The number of thiophene rings is 1. The fraction of sp³-hybridized carbons (Fsp3) is 0.217. The number of hydrogen-bond donors (Lipinski definition) is 2. The molecule has 31 heavy (non-hydrogen) atoms. The summed E-state index contributed by atoms with van der Waals surface area (Å²) in [5.41, 5.74) is 1.14. The van der Waals surface area contributed by atoms with Gasteiger partial charge in [0.15, 0.2) is 0 Å². The van der Waals surface area contributed by atoms with Crippen molar-refractivity contribution < 1.29 is 12.8 Å². The largest absolute Gasteiger partial charge is 0.459 e. The van der Waals surface area contributed by atoms with Gasteiger partial charge in [-0.15, -0.1) is 11.3 Å². The van der Waals surface area contributed by atoms with Gasteiger partial charge in [0.25, 0.3) is 10.0 Å². The quantitative estimate of drug-likeness (QED) is 0.318. The zero-order valence-electron chi connectivity index (χ0n) is 17.6. The van der Waals surface area contributed by atoms with Gasteiger partial charge >= 0.3 is 0 Å². The number of aryl methyl sites for hydroxylation is 2. The van der Waals surface area contributed by atoms with E-state index in [4.69, 9.17) is 16.0 Å². The molecule has 4 aromatic rings. The summed E-state index contributed by atoms with van der Waals surface area (Å²) in [7, 11) is -3.75. The molecule has 0 aliphatic rings. The van der Waals surface area contributed by atoms with Crippen LogP contribution in [0.4, 0.5) is 11.4 Å². The van der Waals surface area contributed by atoms with Crippen LogP contribution in [0.5, 0.6) is 0 Å². The van der Waals surface area contributed by atoms with Crippen molar-refractivity contribution in [2.45, 2.75) is 38.1 Å². The van der Waals surface area contributed by atoms with Crippen LogP contribution in [0.25, 0.3) is 11.0 Å². The number of fused-ring (bicyclic) bond motifs is 1. The fourth-order valence-corrected chi connectivity index (χ4v) is 6.28. The number of halogens is 1. The van der Waals surface area contributed by atoms with Crippen LogP contribution < -0.4 is 10.0 Å². The zero-order valence-corrected chi connectivity index (χ0v) is 20.0. The van der Waals surface area contributed by atoms with Crippen molar-refractivity contribution in [1.29, 1.82) is 0 Å². The molecule has 0 saturated heterocycles. The maximum absolute atomic E-state index is 13.0. The van der Waals surface area contributed by atoms with Gasteiger partial charge in [0.1, 0.15) is 16.2 Å². The molecule has 0 amide bonds. The van der Waals surface area contributed by atoms with Crippen LogP contribution in [0.3, 0.4) is 0 Å². The van der Waals surface area contributed by atoms with E-state index in [1.807, 2.05) is 51.1 Å². The van der Waals surface area contributed by atoms with E-state index >= 15 is 0 Å². The van der Waals surface area contributed by atoms with Crippen molar-refractivity contribution in [3.63, 3.8) is 0 Å². The second kappa shape index (κ2) is 7.89. The third-order valence-corrected chi connectivity index (χ3v) is 7.82. The average molecular weight is 475 g/mol. The van der Waals surface area contributed by atoms with Gasteiger partial charge in [0, 0.05) is 20.2 Å². The lowest BCUT2D eigenvalue weighted by Crippen LogP contribution is -2.28. The molecule has 2 aromatic carbocycles. The summed E-state index contributed by atoms with van der Waals surface area (Å²) in [6.07, 6.45) is 0. The van der Waals surface area contributed by atoms with Crippen molar-refractivity contribution in [3.8, 4) is 0 Å². The monoisotopic (exact) mass is 474 g/mol. The molecular weight excluding hydrogens is 452 g/mol. The minimum Gasteiger partial charge on any atom is -0.459 e. The van der Waals surface area contributed by atoms with E-state index in [2.05, 4.69) is 10.0 Å². The smallest absolute Gasteiger partial charge is 0.263 e. The van der Waals surface area contributed by atoms with E-state index in [1.54, 1.807) is 31.2 Å². The van der Waals surface area contributed by atoms with Gasteiger partial charge in [-0.1, -0.05) is 29.8 Å². The number of rotatable bonds is 6. The first-order valence-corrected chi connectivity index (χ1v) is 12.4. The molecule has 162 valence electrons. The molecule has 0 bridgehead atoms. The molecule has 0 unspecified atom stereocenters. The summed E-state index contributed by atoms with van der Waals surface area (Å²) in [6.45, 7) is 7.63. The first-order valence-electron chi connectivity index (χ1n) is 9.72. The number of furan rings is 1. The Hall–Kier alpha value is -2.48. The van der Waals surface area contributed by atoms with Crippen LogP contribution in [0, 0.1) is 13.8 Å². The van der Waals surface area contributed by atoms with Crippen LogP contribution in [-0.4, -0.2) is 8.42 Å². The Balaban J connectivity index is 1.69. The molecule has 4 rings (SSSR count). The summed E-state index contributed by atoms with van der Waals surface area (Å²) in [5, 5.41) is 4.89. The predicted molar refractivity (Wildman–Crippen MR) is 129 cm³/mol. The Morgan fingerprint density at radius 3 is 2.42 bits per heavy atom. The zero-order chi connectivity index (χ0) is 22.4. The molecule has 0 atom stereocenters. The molecule has 2 heterocycles. The van der Waals surface area contributed by atoms with Gasteiger partial charge in [-0.3, -0.25) is 4.72 Å². The predicted octanol–water partition coefficient (Wildman–Crippen LogP) is 6.91. The van der Waals surface area contributed by atoms with Gasteiger partial charge in [0.05, 0.1) is 16.9 Å². The van der Waals surface area contributed by atoms with Crippen LogP contribution in [0.2, 0.25) is 5.02 Å². The second-order valence-electron chi connectivity index (χ2n) is 7.97. The number of sulfonamides is 1. The van der Waals surface area contributed by atoms with E-state index in [-0.39, 0.29) is 4.90 Å². The highest BCUT2D eigenvalue weighted by Gasteiger charge is 2.27. The molecular formula is C23H23ClN2O3S2. The molecule has 0 spiro atoms. The third-order valence-electron chi connectivity index (χ3n) is 5.00. The lowest BCUT2D eigenvalue weighted by Gasteiger charge is -2.27. The van der Waals surface area contributed by atoms with Crippen molar-refractivity contribution in [2.75, 3.05) is 10.0 Å². The standard InChI is InChI=1S/C23H23ClN2O3S2/c1-14-11-21(15(2)30-14)31(27,28)26-18-10-9-17(24)13-19(18)25-23(3,4)22-12-16-7-5-6-8-20(16)29-22/h5-13,25-26H,1-4H3. The van der Waals surface area contributed by atoms with Crippen LogP contribution in [0.1, 0.15) is 29.4 Å². The second-order valence-corrected chi connectivity index (χ2v) is 11.5. The summed E-state index contributed by atoms with van der Waals surface area (Å²) in [4.78, 5) is 1.97. The normalized spacial score (nSPS) is 12.3. The van der Waals surface area contributed by atoms with Crippen molar-refractivity contribution >= 4 is 55.3 Å². The lowest BCUT2D eigenvalue weighted by molar-refractivity contribution is 0.440. The lowest BCUT2D eigenvalue weighted by atomic mass is 10.0. The average Bonchev–Trinajstić information content (AvgIpc) is 3.27. The van der Waals surface area contributed by atoms with Crippen molar-refractivity contribution in [2.24, 2.45) is 0 Å². The summed E-state index contributed by atoms with van der Waals surface area (Å²) in [5.74, 6) is 0.729. The van der Waals surface area contributed by atoms with Crippen molar-refractivity contribution in [1.82, 2.24) is 0 Å². The minimum atomic E-state index is -3.75. The molecule has 0 saturated carbocycles. The van der Waals surface area contributed by atoms with Gasteiger partial charge < -0.3 is 9.73 Å². The Kier molecular flexibility index (Phi) is 5.54. The van der Waals surface area contributed by atoms with Crippen LogP contribution in [0.15, 0.2) is 63.9 Å². The Labute approximate surface area is 191 Å². The molecule has 2 aromatic heterocycles. The summed E-state index contributed by atoms with van der Waals surface area (Å²) in [6, 6.07) is 16.5. The SMILES string of the molecule is Cc1cc(S(=O)(=O)Nc2ccc(Cl)cc2NC(C)(C)c2cc3ccccc3o2)c(C)s1. The van der Waals surface area contributed by atoms with Crippen molar-refractivity contribution in [3.05, 3.63) is 75.1 Å². The highest BCUT2D eigenvalue weighted by Crippen LogP contribution is 2.36. The summed E-state index contributed by atoms with van der Waals surface area (Å²) >= 11 is 7.69. The first-order chi connectivity index (χ1) is 14.5. The van der Waals surface area contributed by atoms with E-state index < -0.39 is 15.6 Å². The van der Waals surface area contributed by atoms with Crippen LogP contribution in [-0.2, 0) is 15.6 Å². The Bertz CT molecular complexity index is 1340. The minimum absolute atomic E-state index is 0.285. The number of para-hydroxylation sites is 1. The first kappa shape index (κ1) is 21.7. The number of anilines is 2. The van der Waals surface area contributed by atoms with Gasteiger partial charge in [-0.2, -0.15) is 0 Å². The molecule has 0 radical (unpaired) electrons.